The number of ether oxygens (including phenoxy) is 1. The van der Waals surface area contributed by atoms with Crippen LogP contribution in [0.15, 0.2) is 70.5 Å². The molecule has 2 aromatic carbocycles. The summed E-state index contributed by atoms with van der Waals surface area (Å²) in [5.74, 6) is 1.23. The number of carbonyl (C=O) groups is 1. The third-order valence-electron chi connectivity index (χ3n) is 5.43. The Hall–Kier alpha value is -4.02. The monoisotopic (exact) mass is 474 g/mol. The number of pyridine rings is 2. The molecule has 9 nitrogen and oxygen atoms in total. The minimum absolute atomic E-state index is 0.236. The van der Waals surface area contributed by atoms with Gasteiger partial charge in [-0.25, -0.2) is 4.98 Å². The quantitative estimate of drug-likeness (QED) is 0.267. The molecule has 0 bridgehead atoms. The normalized spacial score (nSPS) is 14.1. The second-order valence-electron chi connectivity index (χ2n) is 8.27. The van der Waals surface area contributed by atoms with Crippen LogP contribution in [0.25, 0.3) is 10.8 Å². The predicted octanol–water partition coefficient (Wildman–Crippen LogP) is 4.49. The second-order valence-corrected chi connectivity index (χ2v) is 8.94. The largest absolute Gasteiger partial charge is 0.476 e. The molecule has 0 saturated heterocycles. The minimum atomic E-state index is -0.953. The van der Waals surface area contributed by atoms with Gasteiger partial charge in [-0.2, -0.15) is 0 Å². The van der Waals surface area contributed by atoms with Gasteiger partial charge in [0.05, 0.1) is 16.8 Å². The first-order chi connectivity index (χ1) is 16.3. The van der Waals surface area contributed by atoms with E-state index in [0.717, 1.165) is 22.5 Å². The van der Waals surface area contributed by atoms with E-state index in [1.54, 1.807) is 50.4 Å². The number of H-pyrrole nitrogens is 1. The molecule has 1 aliphatic rings. The van der Waals surface area contributed by atoms with Crippen LogP contribution < -0.4 is 31.4 Å². The zero-order valence-corrected chi connectivity index (χ0v) is 19.2. The molecule has 2 aromatic heterocycles. The Morgan fingerprint density at radius 3 is 2.71 bits per heavy atom. The van der Waals surface area contributed by atoms with Crippen LogP contribution in [0.2, 0.25) is 0 Å². The molecule has 0 saturated carbocycles. The van der Waals surface area contributed by atoms with Crippen molar-refractivity contribution >= 4 is 57.3 Å². The first-order valence-corrected chi connectivity index (χ1v) is 11.4. The molecule has 0 radical (unpaired) electrons. The third-order valence-corrected chi connectivity index (χ3v) is 6.04. The SMILES string of the molecule is CC1(C)Oc2ccc(Nc3nc(Nc4ccccc4SN)cc4cc[nH]c(=O)c34)cc2NC1=O. The smallest absolute Gasteiger partial charge is 0.268 e. The summed E-state index contributed by atoms with van der Waals surface area (Å²) < 4.78 is 5.80. The molecule has 0 unspecified atom stereocenters. The fourth-order valence-electron chi connectivity index (χ4n) is 3.70. The topological polar surface area (TPSA) is 134 Å². The van der Waals surface area contributed by atoms with E-state index in [9.17, 15) is 9.59 Å². The number of nitrogens with one attached hydrogen (secondary N) is 4. The van der Waals surface area contributed by atoms with Crippen molar-refractivity contribution in [2.75, 3.05) is 16.0 Å². The molecular weight excluding hydrogens is 452 g/mol. The number of hydrogen-bond donors (Lipinski definition) is 5. The molecule has 0 fully saturated rings. The van der Waals surface area contributed by atoms with Crippen LogP contribution in [-0.4, -0.2) is 21.5 Å². The summed E-state index contributed by atoms with van der Waals surface area (Å²) in [5.41, 5.74) is 0.748. The molecule has 10 heteroatoms. The number of rotatable bonds is 5. The van der Waals surface area contributed by atoms with Crippen molar-refractivity contribution in [3.63, 3.8) is 0 Å². The van der Waals surface area contributed by atoms with E-state index in [2.05, 4.69) is 25.9 Å². The third kappa shape index (κ3) is 4.04. The number of hydrogen-bond acceptors (Lipinski definition) is 8. The van der Waals surface area contributed by atoms with Gasteiger partial charge in [-0.1, -0.05) is 12.1 Å². The highest BCUT2D eigenvalue weighted by Gasteiger charge is 2.35. The molecule has 0 atom stereocenters. The maximum Gasteiger partial charge on any atom is 0.268 e. The number of aromatic nitrogens is 2. The van der Waals surface area contributed by atoms with Gasteiger partial charge >= 0.3 is 0 Å². The lowest BCUT2D eigenvalue weighted by Gasteiger charge is -2.31. The molecule has 5 rings (SSSR count). The molecule has 0 spiro atoms. The average molecular weight is 475 g/mol. The maximum atomic E-state index is 12.7. The lowest BCUT2D eigenvalue weighted by atomic mass is 10.1. The number of benzene rings is 2. The number of fused-ring (bicyclic) bond motifs is 2. The predicted molar refractivity (Wildman–Crippen MR) is 135 cm³/mol. The van der Waals surface area contributed by atoms with Gasteiger partial charge in [0, 0.05) is 16.8 Å². The fraction of sp³-hybridized carbons (Fsp3) is 0.125. The van der Waals surface area contributed by atoms with Crippen molar-refractivity contribution < 1.29 is 9.53 Å². The Labute approximate surface area is 199 Å². The van der Waals surface area contributed by atoms with Crippen LogP contribution in [0.5, 0.6) is 5.75 Å². The maximum absolute atomic E-state index is 12.7. The Bertz CT molecular complexity index is 1480. The number of nitrogens with zero attached hydrogens (tertiary/aromatic N) is 1. The first kappa shape index (κ1) is 21.8. The Kier molecular flexibility index (Phi) is 5.39. The van der Waals surface area contributed by atoms with Crippen LogP contribution >= 0.6 is 11.9 Å². The van der Waals surface area contributed by atoms with Gasteiger partial charge in [0.2, 0.25) is 0 Å². The van der Waals surface area contributed by atoms with Crippen LogP contribution in [0, 0.1) is 0 Å². The zero-order valence-electron chi connectivity index (χ0n) is 18.4. The lowest BCUT2D eigenvalue weighted by molar-refractivity contribution is -0.129. The highest BCUT2D eigenvalue weighted by atomic mass is 32.2. The molecule has 4 aromatic rings. The highest BCUT2D eigenvalue weighted by Crippen LogP contribution is 2.37. The molecule has 0 aliphatic carbocycles. The summed E-state index contributed by atoms with van der Waals surface area (Å²) in [6.45, 7) is 3.42. The van der Waals surface area contributed by atoms with Crippen LogP contribution in [0.1, 0.15) is 13.8 Å². The van der Waals surface area contributed by atoms with Crippen molar-refractivity contribution in [1.29, 1.82) is 0 Å². The van der Waals surface area contributed by atoms with E-state index in [0.29, 0.717) is 39.5 Å². The summed E-state index contributed by atoms with van der Waals surface area (Å²) in [4.78, 5) is 33.2. The molecule has 172 valence electrons. The van der Waals surface area contributed by atoms with E-state index >= 15 is 0 Å². The van der Waals surface area contributed by atoms with Crippen molar-refractivity contribution in [3.05, 3.63) is 71.1 Å². The summed E-state index contributed by atoms with van der Waals surface area (Å²) in [7, 11) is 0. The van der Waals surface area contributed by atoms with Crippen LogP contribution in [0.3, 0.4) is 0 Å². The van der Waals surface area contributed by atoms with E-state index in [-0.39, 0.29) is 11.5 Å². The molecule has 3 heterocycles. The number of anilines is 5. The molecule has 6 N–H and O–H groups in total. The highest BCUT2D eigenvalue weighted by molar-refractivity contribution is 7.97. The van der Waals surface area contributed by atoms with Gasteiger partial charge < -0.3 is 25.7 Å². The summed E-state index contributed by atoms with van der Waals surface area (Å²) in [5, 5.41) is 16.3. The van der Waals surface area contributed by atoms with Gasteiger partial charge in [0.1, 0.15) is 17.4 Å². The number of amides is 1. The molecular formula is C24H22N6O3S. The molecule has 34 heavy (non-hydrogen) atoms. The average Bonchev–Trinajstić information content (AvgIpc) is 2.80. The lowest BCUT2D eigenvalue weighted by Crippen LogP contribution is -2.45. The first-order valence-electron chi connectivity index (χ1n) is 10.5. The summed E-state index contributed by atoms with van der Waals surface area (Å²) in [6.07, 6.45) is 1.59. The van der Waals surface area contributed by atoms with Gasteiger partial charge in [-0.05, 0) is 73.6 Å². The van der Waals surface area contributed by atoms with Gasteiger partial charge in [0.15, 0.2) is 5.60 Å². The van der Waals surface area contributed by atoms with E-state index < -0.39 is 5.60 Å². The van der Waals surface area contributed by atoms with E-state index in [4.69, 9.17) is 9.88 Å². The Morgan fingerprint density at radius 1 is 1.06 bits per heavy atom. The molecule has 1 amide bonds. The Morgan fingerprint density at radius 2 is 1.88 bits per heavy atom. The van der Waals surface area contributed by atoms with Crippen molar-refractivity contribution in [3.8, 4) is 5.75 Å². The second kappa shape index (κ2) is 8.40. The van der Waals surface area contributed by atoms with Crippen molar-refractivity contribution in [2.45, 2.75) is 24.3 Å². The fourth-order valence-corrected chi connectivity index (χ4v) is 4.11. The summed E-state index contributed by atoms with van der Waals surface area (Å²) >= 11 is 1.13. The summed E-state index contributed by atoms with van der Waals surface area (Å²) in [6, 6.07) is 16.5. The van der Waals surface area contributed by atoms with Gasteiger partial charge in [-0.15, -0.1) is 0 Å². The Balaban J connectivity index is 1.55. The van der Waals surface area contributed by atoms with Crippen molar-refractivity contribution in [2.24, 2.45) is 5.14 Å². The number of nitrogens with two attached hydrogens (primary N) is 1. The number of carbonyl (C=O) groups excluding carboxylic acids is 1. The number of aromatic amines is 1. The standard InChI is InChI=1S/C24H22N6O3S/c1-24(2)23(32)29-16-12-14(7-8-17(16)33-24)27-21-20-13(9-10-26-22(20)31)11-19(30-21)28-15-5-3-4-6-18(15)34-25/h3-12H,25H2,1-2H3,(H,26,31)(H,29,32)(H2,27,28,30). The zero-order chi connectivity index (χ0) is 23.9. The minimum Gasteiger partial charge on any atom is -0.476 e. The van der Waals surface area contributed by atoms with Gasteiger partial charge in [0.25, 0.3) is 11.5 Å². The van der Waals surface area contributed by atoms with E-state index in [1.807, 2.05) is 24.3 Å². The van der Waals surface area contributed by atoms with Gasteiger partial charge in [-0.3, -0.25) is 14.7 Å². The van der Waals surface area contributed by atoms with Crippen LogP contribution in [-0.2, 0) is 4.79 Å². The van der Waals surface area contributed by atoms with Crippen molar-refractivity contribution in [1.82, 2.24) is 9.97 Å². The number of para-hydroxylation sites is 1. The van der Waals surface area contributed by atoms with Crippen LogP contribution in [0.4, 0.5) is 28.7 Å². The van der Waals surface area contributed by atoms with E-state index in [1.165, 1.54) is 0 Å². The molecule has 1 aliphatic heterocycles.